The summed E-state index contributed by atoms with van der Waals surface area (Å²) in [5.74, 6) is 0. The summed E-state index contributed by atoms with van der Waals surface area (Å²) in [5, 5.41) is 11.6. The number of aryl methyl sites for hydroxylation is 2. The van der Waals surface area contributed by atoms with Crippen LogP contribution in [-0.4, -0.2) is 23.9 Å². The van der Waals surface area contributed by atoms with Crippen molar-refractivity contribution in [3.63, 3.8) is 0 Å². The van der Waals surface area contributed by atoms with E-state index in [1.165, 1.54) is 0 Å². The lowest BCUT2D eigenvalue weighted by atomic mass is 10.0. The van der Waals surface area contributed by atoms with E-state index >= 15 is 0 Å². The minimum Gasteiger partial charge on any atom is -0.382 e. The van der Waals surface area contributed by atoms with E-state index < -0.39 is 18.8 Å². The van der Waals surface area contributed by atoms with Crippen molar-refractivity contribution in [2.24, 2.45) is 0 Å². The molecular formula is C13H18F3NO. The van der Waals surface area contributed by atoms with Crippen LogP contribution in [0, 0.1) is 13.8 Å². The Kier molecular flexibility index (Phi) is 4.76. The average molecular weight is 261 g/mol. The van der Waals surface area contributed by atoms with Crippen LogP contribution in [0.25, 0.3) is 0 Å². The highest BCUT2D eigenvalue weighted by Crippen LogP contribution is 2.22. The van der Waals surface area contributed by atoms with E-state index in [0.29, 0.717) is 0 Å². The predicted octanol–water partition coefficient (Wildman–Crippen LogP) is 2.88. The molecule has 2 unspecified atom stereocenters. The van der Waals surface area contributed by atoms with Gasteiger partial charge in [-0.3, -0.25) is 0 Å². The van der Waals surface area contributed by atoms with Gasteiger partial charge in [-0.05, 0) is 31.9 Å². The van der Waals surface area contributed by atoms with Crippen LogP contribution in [0.2, 0.25) is 0 Å². The second-order valence-corrected chi connectivity index (χ2v) is 4.55. The predicted molar refractivity (Wildman–Crippen MR) is 64.4 cm³/mol. The highest BCUT2D eigenvalue weighted by atomic mass is 19.4. The van der Waals surface area contributed by atoms with Crippen LogP contribution < -0.4 is 5.32 Å². The first-order valence-corrected chi connectivity index (χ1v) is 5.77. The molecule has 0 amide bonds. The lowest BCUT2D eigenvalue weighted by Gasteiger charge is -2.20. The van der Waals surface area contributed by atoms with Crippen LogP contribution in [0.15, 0.2) is 18.2 Å². The fourth-order valence-corrected chi connectivity index (χ4v) is 1.83. The van der Waals surface area contributed by atoms with Crippen LogP contribution in [0.4, 0.5) is 13.2 Å². The summed E-state index contributed by atoms with van der Waals surface area (Å²) in [5.41, 5.74) is 3.07. The van der Waals surface area contributed by atoms with Gasteiger partial charge in [0, 0.05) is 12.6 Å². The van der Waals surface area contributed by atoms with Gasteiger partial charge in [-0.15, -0.1) is 0 Å². The maximum Gasteiger partial charge on any atom is 0.415 e. The lowest BCUT2D eigenvalue weighted by Crippen LogP contribution is -2.39. The van der Waals surface area contributed by atoms with Crippen LogP contribution in [0.3, 0.4) is 0 Å². The Morgan fingerprint density at radius 3 is 2.39 bits per heavy atom. The number of halogens is 3. The molecule has 0 aliphatic carbocycles. The molecule has 0 heterocycles. The third-order valence-electron chi connectivity index (χ3n) is 2.89. The largest absolute Gasteiger partial charge is 0.415 e. The molecule has 1 rings (SSSR count). The zero-order valence-corrected chi connectivity index (χ0v) is 10.7. The van der Waals surface area contributed by atoms with Crippen molar-refractivity contribution in [1.82, 2.24) is 5.32 Å². The summed E-state index contributed by atoms with van der Waals surface area (Å²) in [6.45, 7) is 5.15. The molecule has 0 aliphatic rings. The third kappa shape index (κ3) is 3.99. The quantitative estimate of drug-likeness (QED) is 0.873. The van der Waals surface area contributed by atoms with Crippen LogP contribution in [0.1, 0.15) is 29.7 Å². The number of benzene rings is 1. The molecule has 2 N–H and O–H groups in total. The molecule has 0 fully saturated rings. The van der Waals surface area contributed by atoms with Crippen LogP contribution in [-0.2, 0) is 0 Å². The van der Waals surface area contributed by atoms with Crippen molar-refractivity contribution >= 4 is 0 Å². The van der Waals surface area contributed by atoms with Crippen molar-refractivity contribution in [2.45, 2.75) is 39.1 Å². The molecule has 2 nitrogen and oxygen atoms in total. The minimum absolute atomic E-state index is 0.234. The van der Waals surface area contributed by atoms with Gasteiger partial charge >= 0.3 is 6.18 Å². The van der Waals surface area contributed by atoms with Gasteiger partial charge in [0.15, 0.2) is 6.10 Å². The van der Waals surface area contributed by atoms with Crippen molar-refractivity contribution < 1.29 is 18.3 Å². The summed E-state index contributed by atoms with van der Waals surface area (Å²) in [4.78, 5) is 0. The molecule has 102 valence electrons. The summed E-state index contributed by atoms with van der Waals surface area (Å²) >= 11 is 0. The van der Waals surface area contributed by atoms with Crippen molar-refractivity contribution in [2.75, 3.05) is 6.54 Å². The Labute approximate surface area is 105 Å². The summed E-state index contributed by atoms with van der Waals surface area (Å²) < 4.78 is 36.4. The van der Waals surface area contributed by atoms with Gasteiger partial charge in [-0.2, -0.15) is 13.2 Å². The van der Waals surface area contributed by atoms with Crippen molar-refractivity contribution in [1.29, 1.82) is 0 Å². The molecule has 1 aromatic carbocycles. The average Bonchev–Trinajstić information content (AvgIpc) is 2.24. The molecule has 1 aromatic rings. The van der Waals surface area contributed by atoms with Crippen LogP contribution >= 0.6 is 0 Å². The van der Waals surface area contributed by atoms with E-state index in [4.69, 9.17) is 5.11 Å². The Balaban J connectivity index is 2.63. The molecule has 0 aliphatic heterocycles. The monoisotopic (exact) mass is 261 g/mol. The zero-order chi connectivity index (χ0) is 13.9. The second-order valence-electron chi connectivity index (χ2n) is 4.55. The van der Waals surface area contributed by atoms with Crippen LogP contribution in [0.5, 0.6) is 0 Å². The van der Waals surface area contributed by atoms with Gasteiger partial charge in [-0.1, -0.05) is 23.8 Å². The first-order valence-electron chi connectivity index (χ1n) is 5.77. The molecule has 0 bridgehead atoms. The standard InChI is InChI=1S/C13H18F3NO/c1-8-4-5-11(9(2)6-8)10(3)17-7-12(18)13(14,15)16/h4-6,10,12,17-18H,7H2,1-3H3. The molecule has 0 saturated heterocycles. The molecule has 0 saturated carbocycles. The SMILES string of the molecule is Cc1ccc(C(C)NCC(O)C(F)(F)F)c(C)c1. The van der Waals surface area contributed by atoms with Gasteiger partial charge in [0.1, 0.15) is 0 Å². The Hall–Kier alpha value is -1.07. The van der Waals surface area contributed by atoms with E-state index in [1.807, 2.05) is 32.0 Å². The maximum atomic E-state index is 12.1. The van der Waals surface area contributed by atoms with Gasteiger partial charge in [0.25, 0.3) is 0 Å². The van der Waals surface area contributed by atoms with Crippen molar-refractivity contribution in [3.8, 4) is 0 Å². The fraction of sp³-hybridized carbons (Fsp3) is 0.538. The first kappa shape index (κ1) is 15.0. The Morgan fingerprint density at radius 2 is 1.89 bits per heavy atom. The molecule has 0 aromatic heterocycles. The smallest absolute Gasteiger partial charge is 0.382 e. The van der Waals surface area contributed by atoms with E-state index in [2.05, 4.69) is 5.32 Å². The number of rotatable bonds is 4. The first-order chi connectivity index (χ1) is 8.21. The third-order valence-corrected chi connectivity index (χ3v) is 2.89. The van der Waals surface area contributed by atoms with Gasteiger partial charge in [0.2, 0.25) is 0 Å². The summed E-state index contributed by atoms with van der Waals surface area (Å²) in [6, 6.07) is 5.55. The van der Waals surface area contributed by atoms with Gasteiger partial charge < -0.3 is 10.4 Å². The number of aliphatic hydroxyl groups is 1. The molecule has 18 heavy (non-hydrogen) atoms. The molecule has 5 heteroatoms. The highest BCUT2D eigenvalue weighted by Gasteiger charge is 2.37. The highest BCUT2D eigenvalue weighted by molar-refractivity contribution is 5.32. The molecular weight excluding hydrogens is 243 g/mol. The van der Waals surface area contributed by atoms with E-state index in [0.717, 1.165) is 16.7 Å². The Morgan fingerprint density at radius 1 is 1.28 bits per heavy atom. The normalized spacial score (nSPS) is 15.5. The lowest BCUT2D eigenvalue weighted by molar-refractivity contribution is -0.202. The molecule has 0 radical (unpaired) electrons. The number of nitrogens with one attached hydrogen (secondary N) is 1. The minimum atomic E-state index is -4.57. The maximum absolute atomic E-state index is 12.1. The number of hydrogen-bond donors (Lipinski definition) is 2. The number of alkyl halides is 3. The fourth-order valence-electron chi connectivity index (χ4n) is 1.83. The second kappa shape index (κ2) is 5.71. The van der Waals surface area contributed by atoms with E-state index in [-0.39, 0.29) is 6.04 Å². The zero-order valence-electron chi connectivity index (χ0n) is 10.7. The summed E-state index contributed by atoms with van der Waals surface area (Å²) in [6.07, 6.45) is -6.90. The van der Waals surface area contributed by atoms with E-state index in [9.17, 15) is 13.2 Å². The summed E-state index contributed by atoms with van der Waals surface area (Å²) in [7, 11) is 0. The topological polar surface area (TPSA) is 32.3 Å². The molecule has 0 spiro atoms. The number of hydrogen-bond acceptors (Lipinski definition) is 2. The van der Waals surface area contributed by atoms with Crippen molar-refractivity contribution in [3.05, 3.63) is 34.9 Å². The Bertz CT molecular complexity index is 404. The molecule has 2 atom stereocenters. The van der Waals surface area contributed by atoms with Gasteiger partial charge in [0.05, 0.1) is 0 Å². The van der Waals surface area contributed by atoms with E-state index in [1.54, 1.807) is 6.92 Å². The van der Waals surface area contributed by atoms with Gasteiger partial charge in [-0.25, -0.2) is 0 Å². The number of aliphatic hydroxyl groups excluding tert-OH is 1.